The molecule has 2 unspecified atom stereocenters. The Morgan fingerprint density at radius 3 is 2.53 bits per heavy atom. The molecule has 0 rings (SSSR count). The molecule has 0 aliphatic heterocycles. The van der Waals surface area contributed by atoms with Gasteiger partial charge in [0.2, 0.25) is 5.91 Å². The number of hydrogen-bond donors (Lipinski definition) is 2. The first kappa shape index (κ1) is 17.1. The van der Waals surface area contributed by atoms with Gasteiger partial charge in [0, 0.05) is 31.7 Å². The lowest BCUT2D eigenvalue weighted by molar-refractivity contribution is -0.124. The molecule has 1 amide bonds. The van der Waals surface area contributed by atoms with Crippen LogP contribution in [-0.2, 0) is 9.53 Å². The van der Waals surface area contributed by atoms with Crippen molar-refractivity contribution in [3.63, 3.8) is 0 Å². The monoisotopic (exact) mass is 238 g/mol. The summed E-state index contributed by atoms with van der Waals surface area (Å²) in [6.07, 6.45) is 0.852. The van der Waals surface area contributed by atoms with Gasteiger partial charge in [-0.25, -0.2) is 0 Å². The fourth-order valence-electron chi connectivity index (χ4n) is 0.930. The Labute approximate surface area is 98.3 Å². The molecule has 0 saturated carbocycles. The van der Waals surface area contributed by atoms with Crippen LogP contribution in [0.3, 0.4) is 0 Å². The minimum absolute atomic E-state index is 0. The Bertz CT molecular complexity index is 166. The van der Waals surface area contributed by atoms with E-state index in [9.17, 15) is 4.79 Å². The van der Waals surface area contributed by atoms with Crippen LogP contribution in [0.4, 0.5) is 0 Å². The Kier molecular flexibility index (Phi) is 11.6. The van der Waals surface area contributed by atoms with Crippen LogP contribution in [0.2, 0.25) is 0 Å². The maximum Gasteiger partial charge on any atom is 0.224 e. The zero-order chi connectivity index (χ0) is 11.0. The minimum Gasteiger partial charge on any atom is -0.382 e. The van der Waals surface area contributed by atoms with Crippen LogP contribution in [0.15, 0.2) is 0 Å². The summed E-state index contributed by atoms with van der Waals surface area (Å²) in [5.41, 5.74) is 5.60. The first-order valence-corrected chi connectivity index (χ1v) is 5.20. The van der Waals surface area contributed by atoms with E-state index in [-0.39, 0.29) is 30.3 Å². The van der Waals surface area contributed by atoms with Crippen molar-refractivity contribution in [1.29, 1.82) is 0 Å². The summed E-state index contributed by atoms with van der Waals surface area (Å²) in [7, 11) is 0. The van der Waals surface area contributed by atoms with Gasteiger partial charge >= 0.3 is 0 Å². The van der Waals surface area contributed by atoms with Crippen molar-refractivity contribution >= 4 is 18.3 Å². The van der Waals surface area contributed by atoms with Gasteiger partial charge in [0.25, 0.3) is 0 Å². The largest absolute Gasteiger partial charge is 0.382 e. The topological polar surface area (TPSA) is 64.3 Å². The summed E-state index contributed by atoms with van der Waals surface area (Å²) >= 11 is 0. The van der Waals surface area contributed by atoms with E-state index in [1.807, 2.05) is 20.8 Å². The number of amides is 1. The molecule has 92 valence electrons. The van der Waals surface area contributed by atoms with Crippen molar-refractivity contribution in [2.75, 3.05) is 19.8 Å². The third-order valence-corrected chi connectivity index (χ3v) is 2.17. The fourth-order valence-corrected chi connectivity index (χ4v) is 0.930. The van der Waals surface area contributed by atoms with E-state index in [2.05, 4.69) is 5.32 Å². The molecule has 0 saturated heterocycles. The SMILES string of the molecule is CCOCCCNC(=O)C(C)C(C)N.Cl. The molecule has 3 N–H and O–H groups in total. The van der Waals surface area contributed by atoms with Crippen LogP contribution >= 0.6 is 12.4 Å². The zero-order valence-corrected chi connectivity index (χ0v) is 10.6. The second kappa shape index (κ2) is 10.2. The van der Waals surface area contributed by atoms with E-state index in [4.69, 9.17) is 10.5 Å². The Hall–Kier alpha value is -0.320. The second-order valence-electron chi connectivity index (χ2n) is 3.49. The molecule has 15 heavy (non-hydrogen) atoms. The lowest BCUT2D eigenvalue weighted by Gasteiger charge is -2.15. The zero-order valence-electron chi connectivity index (χ0n) is 9.79. The fraction of sp³-hybridized carbons (Fsp3) is 0.900. The number of nitrogens with two attached hydrogens (primary N) is 1. The summed E-state index contributed by atoms with van der Waals surface area (Å²) in [5, 5.41) is 2.82. The van der Waals surface area contributed by atoms with Crippen molar-refractivity contribution in [1.82, 2.24) is 5.32 Å². The molecule has 0 radical (unpaired) electrons. The first-order valence-electron chi connectivity index (χ1n) is 5.20. The van der Waals surface area contributed by atoms with Crippen molar-refractivity contribution in [3.8, 4) is 0 Å². The smallest absolute Gasteiger partial charge is 0.224 e. The standard InChI is InChI=1S/C10H22N2O2.ClH/c1-4-14-7-5-6-12-10(13)8(2)9(3)11;/h8-9H,4-7,11H2,1-3H3,(H,12,13);1H. The molecular formula is C10H23ClN2O2. The van der Waals surface area contributed by atoms with E-state index in [1.54, 1.807) is 0 Å². The van der Waals surface area contributed by atoms with E-state index in [0.29, 0.717) is 13.2 Å². The summed E-state index contributed by atoms with van der Waals surface area (Å²) in [5.74, 6) is -0.0985. The van der Waals surface area contributed by atoms with Crippen molar-refractivity contribution in [2.45, 2.75) is 33.2 Å². The molecule has 0 aromatic rings. The number of ether oxygens (including phenoxy) is 1. The lowest BCUT2D eigenvalue weighted by Crippen LogP contribution is -2.39. The predicted molar refractivity (Wildman–Crippen MR) is 64.2 cm³/mol. The van der Waals surface area contributed by atoms with Gasteiger partial charge in [-0.15, -0.1) is 12.4 Å². The Morgan fingerprint density at radius 2 is 2.07 bits per heavy atom. The van der Waals surface area contributed by atoms with Crippen molar-refractivity contribution in [3.05, 3.63) is 0 Å². The summed E-state index contributed by atoms with van der Waals surface area (Å²) in [6.45, 7) is 7.72. The number of carbonyl (C=O) groups is 1. The Morgan fingerprint density at radius 1 is 1.47 bits per heavy atom. The lowest BCUT2D eigenvalue weighted by atomic mass is 10.0. The molecule has 0 aliphatic carbocycles. The molecule has 0 fully saturated rings. The van der Waals surface area contributed by atoms with Crippen LogP contribution in [0, 0.1) is 5.92 Å². The quantitative estimate of drug-likeness (QED) is 0.649. The van der Waals surface area contributed by atoms with Crippen molar-refractivity contribution in [2.24, 2.45) is 11.7 Å². The van der Waals surface area contributed by atoms with Crippen LogP contribution in [0.25, 0.3) is 0 Å². The van der Waals surface area contributed by atoms with Gasteiger partial charge in [-0.3, -0.25) is 4.79 Å². The van der Waals surface area contributed by atoms with Gasteiger partial charge in [-0.1, -0.05) is 6.92 Å². The van der Waals surface area contributed by atoms with Crippen molar-refractivity contribution < 1.29 is 9.53 Å². The van der Waals surface area contributed by atoms with Crippen LogP contribution < -0.4 is 11.1 Å². The number of halogens is 1. The van der Waals surface area contributed by atoms with Crippen LogP contribution in [0.5, 0.6) is 0 Å². The van der Waals surface area contributed by atoms with Crippen LogP contribution in [-0.4, -0.2) is 31.7 Å². The van der Waals surface area contributed by atoms with Gasteiger partial charge in [0.15, 0.2) is 0 Å². The predicted octanol–water partition coefficient (Wildman–Crippen LogP) is 0.934. The molecule has 0 bridgehead atoms. The number of nitrogens with one attached hydrogen (secondary N) is 1. The molecule has 0 aromatic heterocycles. The summed E-state index contributed by atoms with van der Waals surface area (Å²) in [6, 6.07) is -0.0955. The van der Waals surface area contributed by atoms with Gasteiger partial charge in [0.1, 0.15) is 0 Å². The third kappa shape index (κ3) is 8.66. The molecule has 5 heteroatoms. The maximum absolute atomic E-state index is 11.4. The molecule has 0 heterocycles. The highest BCUT2D eigenvalue weighted by atomic mass is 35.5. The molecule has 0 aromatic carbocycles. The highest BCUT2D eigenvalue weighted by molar-refractivity contribution is 5.85. The molecule has 4 nitrogen and oxygen atoms in total. The highest BCUT2D eigenvalue weighted by Gasteiger charge is 2.15. The van der Waals surface area contributed by atoms with Gasteiger partial charge in [0.05, 0.1) is 0 Å². The number of carbonyl (C=O) groups excluding carboxylic acids is 1. The van der Waals surface area contributed by atoms with E-state index in [0.717, 1.165) is 13.0 Å². The third-order valence-electron chi connectivity index (χ3n) is 2.17. The molecule has 0 spiro atoms. The number of rotatable bonds is 7. The average Bonchev–Trinajstić information content (AvgIpc) is 2.16. The van der Waals surface area contributed by atoms with E-state index >= 15 is 0 Å². The summed E-state index contributed by atoms with van der Waals surface area (Å²) < 4.78 is 5.15. The molecular weight excluding hydrogens is 216 g/mol. The second-order valence-corrected chi connectivity index (χ2v) is 3.49. The average molecular weight is 239 g/mol. The van der Waals surface area contributed by atoms with Crippen LogP contribution in [0.1, 0.15) is 27.2 Å². The Balaban J connectivity index is 0. The molecule has 0 aliphatic rings. The van der Waals surface area contributed by atoms with Gasteiger partial charge < -0.3 is 15.8 Å². The summed E-state index contributed by atoms with van der Waals surface area (Å²) in [4.78, 5) is 11.4. The van der Waals surface area contributed by atoms with Gasteiger partial charge in [-0.2, -0.15) is 0 Å². The van der Waals surface area contributed by atoms with Gasteiger partial charge in [-0.05, 0) is 20.3 Å². The maximum atomic E-state index is 11.4. The highest BCUT2D eigenvalue weighted by Crippen LogP contribution is 1.98. The minimum atomic E-state index is -0.123. The van der Waals surface area contributed by atoms with E-state index in [1.165, 1.54) is 0 Å². The first-order chi connectivity index (χ1) is 6.59. The number of hydrogen-bond acceptors (Lipinski definition) is 3. The van der Waals surface area contributed by atoms with E-state index < -0.39 is 0 Å². The molecule has 2 atom stereocenters. The normalized spacial score (nSPS) is 13.9.